The fourth-order valence-corrected chi connectivity index (χ4v) is 4.30. The first-order chi connectivity index (χ1) is 14.1. The van der Waals surface area contributed by atoms with Crippen LogP contribution in [0.2, 0.25) is 5.02 Å². The quantitative estimate of drug-likeness (QED) is 0.441. The third-order valence-corrected chi connectivity index (χ3v) is 5.89. The van der Waals surface area contributed by atoms with Crippen LogP contribution in [0.15, 0.2) is 94.8 Å². The fourth-order valence-electron chi connectivity index (χ4n) is 3.11. The molecule has 1 aliphatic heterocycles. The minimum Gasteiger partial charge on any atom is -0.279 e. The number of hydrogen-bond acceptors (Lipinski definition) is 3. The van der Waals surface area contributed by atoms with E-state index in [0.29, 0.717) is 15.1 Å². The van der Waals surface area contributed by atoms with Crippen LogP contribution in [-0.2, 0) is 4.79 Å². The monoisotopic (exact) mass is 418 g/mol. The zero-order chi connectivity index (χ0) is 20.2. The molecular formula is C24H19ClN2OS. The molecule has 0 aliphatic carbocycles. The first kappa shape index (κ1) is 19.5. The predicted octanol–water partition coefficient (Wildman–Crippen LogP) is 6.71. The minimum absolute atomic E-state index is 0.0454. The van der Waals surface area contributed by atoms with Crippen LogP contribution < -0.4 is 0 Å². The van der Waals surface area contributed by atoms with Gasteiger partial charge in [0, 0.05) is 5.02 Å². The van der Waals surface area contributed by atoms with Crippen LogP contribution in [0, 0.1) is 0 Å². The highest BCUT2D eigenvalue weighted by atomic mass is 35.5. The summed E-state index contributed by atoms with van der Waals surface area (Å²) in [5.41, 5.74) is 2.81. The zero-order valence-electron chi connectivity index (χ0n) is 15.8. The maximum absolute atomic E-state index is 13.3. The Morgan fingerprint density at radius 2 is 1.55 bits per heavy atom. The van der Waals surface area contributed by atoms with E-state index in [1.165, 1.54) is 11.8 Å². The van der Waals surface area contributed by atoms with Crippen molar-refractivity contribution >= 4 is 46.2 Å². The second kappa shape index (κ2) is 8.68. The molecule has 0 radical (unpaired) electrons. The van der Waals surface area contributed by atoms with Gasteiger partial charge in [0.05, 0.1) is 16.6 Å². The van der Waals surface area contributed by atoms with Gasteiger partial charge in [-0.3, -0.25) is 9.69 Å². The SMILES string of the molecule is CC(c1ccccc1)N1C(=O)C(=Cc2ccc(Cl)cc2)SC1=Nc1ccccc1. The van der Waals surface area contributed by atoms with Gasteiger partial charge in [0.25, 0.3) is 5.91 Å². The first-order valence-electron chi connectivity index (χ1n) is 9.29. The number of aliphatic imine (C=N–C) groups is 1. The van der Waals surface area contributed by atoms with Crippen LogP contribution in [0.4, 0.5) is 5.69 Å². The van der Waals surface area contributed by atoms with Gasteiger partial charge in [0.15, 0.2) is 5.17 Å². The number of thioether (sulfide) groups is 1. The van der Waals surface area contributed by atoms with Gasteiger partial charge in [0.2, 0.25) is 0 Å². The van der Waals surface area contributed by atoms with Crippen LogP contribution in [0.25, 0.3) is 6.08 Å². The summed E-state index contributed by atoms with van der Waals surface area (Å²) in [6, 6.07) is 27.0. The number of amides is 1. The van der Waals surface area contributed by atoms with E-state index in [1.807, 2.05) is 97.9 Å². The molecule has 4 rings (SSSR count). The Hall–Kier alpha value is -2.82. The number of carbonyl (C=O) groups excluding carboxylic acids is 1. The number of hydrogen-bond donors (Lipinski definition) is 0. The molecule has 1 amide bonds. The van der Waals surface area contributed by atoms with Crippen molar-refractivity contribution < 1.29 is 4.79 Å². The van der Waals surface area contributed by atoms with E-state index in [4.69, 9.17) is 16.6 Å². The molecule has 3 aromatic carbocycles. The average Bonchev–Trinajstić information content (AvgIpc) is 3.05. The Morgan fingerprint density at radius 3 is 2.21 bits per heavy atom. The van der Waals surface area contributed by atoms with Crippen LogP contribution in [0.1, 0.15) is 24.1 Å². The molecule has 3 aromatic rings. The Bertz CT molecular complexity index is 1060. The molecule has 0 spiro atoms. The van der Waals surface area contributed by atoms with Crippen molar-refractivity contribution in [2.75, 3.05) is 0 Å². The van der Waals surface area contributed by atoms with Crippen molar-refractivity contribution in [3.63, 3.8) is 0 Å². The van der Waals surface area contributed by atoms with Crippen molar-refractivity contribution in [2.24, 2.45) is 4.99 Å². The zero-order valence-corrected chi connectivity index (χ0v) is 17.4. The summed E-state index contributed by atoms with van der Waals surface area (Å²) in [5.74, 6) is -0.0454. The number of carbonyl (C=O) groups is 1. The summed E-state index contributed by atoms with van der Waals surface area (Å²) in [5, 5.41) is 1.35. The molecule has 0 N–H and O–H groups in total. The lowest BCUT2D eigenvalue weighted by molar-refractivity contribution is -0.123. The molecule has 1 unspecified atom stereocenters. The Labute approximate surface area is 179 Å². The molecular weight excluding hydrogens is 400 g/mol. The lowest BCUT2D eigenvalue weighted by atomic mass is 10.1. The second-order valence-electron chi connectivity index (χ2n) is 6.65. The molecule has 5 heteroatoms. The van der Waals surface area contributed by atoms with Crippen LogP contribution >= 0.6 is 23.4 Å². The second-order valence-corrected chi connectivity index (χ2v) is 8.10. The van der Waals surface area contributed by atoms with Gasteiger partial charge in [-0.05, 0) is 60.2 Å². The normalized spacial score (nSPS) is 17.9. The van der Waals surface area contributed by atoms with E-state index >= 15 is 0 Å². The maximum Gasteiger partial charge on any atom is 0.267 e. The van der Waals surface area contributed by atoms with Crippen LogP contribution in [0.3, 0.4) is 0 Å². The van der Waals surface area contributed by atoms with Crippen molar-refractivity contribution in [1.82, 2.24) is 4.90 Å². The highest BCUT2D eigenvalue weighted by Crippen LogP contribution is 2.39. The van der Waals surface area contributed by atoms with Crippen LogP contribution in [0.5, 0.6) is 0 Å². The third-order valence-electron chi connectivity index (χ3n) is 4.65. The summed E-state index contributed by atoms with van der Waals surface area (Å²) in [6.07, 6.45) is 1.89. The smallest absolute Gasteiger partial charge is 0.267 e. The summed E-state index contributed by atoms with van der Waals surface area (Å²) in [6.45, 7) is 2.03. The molecule has 0 aromatic heterocycles. The van der Waals surface area contributed by atoms with Gasteiger partial charge in [-0.1, -0.05) is 72.3 Å². The average molecular weight is 419 g/mol. The van der Waals surface area contributed by atoms with E-state index in [2.05, 4.69) is 0 Å². The lowest BCUT2D eigenvalue weighted by Gasteiger charge is -2.24. The van der Waals surface area contributed by atoms with Gasteiger partial charge in [0.1, 0.15) is 0 Å². The van der Waals surface area contributed by atoms with Crippen molar-refractivity contribution in [3.8, 4) is 0 Å². The van der Waals surface area contributed by atoms with E-state index in [-0.39, 0.29) is 11.9 Å². The van der Waals surface area contributed by atoms with Crippen molar-refractivity contribution in [2.45, 2.75) is 13.0 Å². The van der Waals surface area contributed by atoms with Crippen molar-refractivity contribution in [3.05, 3.63) is 106 Å². The summed E-state index contributed by atoms with van der Waals surface area (Å²) in [4.78, 5) is 20.5. The number of nitrogens with zero attached hydrogens (tertiary/aromatic N) is 2. The highest BCUT2D eigenvalue weighted by Gasteiger charge is 2.37. The third kappa shape index (κ3) is 4.44. The summed E-state index contributed by atoms with van der Waals surface area (Å²) >= 11 is 7.38. The summed E-state index contributed by atoms with van der Waals surface area (Å²) in [7, 11) is 0. The number of rotatable bonds is 4. The van der Waals surface area contributed by atoms with Crippen molar-refractivity contribution in [1.29, 1.82) is 0 Å². The van der Waals surface area contributed by atoms with E-state index in [9.17, 15) is 4.79 Å². The van der Waals surface area contributed by atoms with E-state index in [1.54, 1.807) is 4.90 Å². The molecule has 0 bridgehead atoms. The van der Waals surface area contributed by atoms with E-state index in [0.717, 1.165) is 16.8 Å². The number of para-hydroxylation sites is 1. The lowest BCUT2D eigenvalue weighted by Crippen LogP contribution is -2.32. The Kier molecular flexibility index (Phi) is 5.84. The highest BCUT2D eigenvalue weighted by molar-refractivity contribution is 8.18. The molecule has 1 saturated heterocycles. The van der Waals surface area contributed by atoms with E-state index < -0.39 is 0 Å². The molecule has 29 heavy (non-hydrogen) atoms. The molecule has 1 fully saturated rings. The molecule has 1 aliphatic rings. The Morgan fingerprint density at radius 1 is 0.931 bits per heavy atom. The largest absolute Gasteiger partial charge is 0.279 e. The molecule has 144 valence electrons. The predicted molar refractivity (Wildman–Crippen MR) is 122 cm³/mol. The van der Waals surface area contributed by atoms with Gasteiger partial charge < -0.3 is 0 Å². The number of benzene rings is 3. The molecule has 0 saturated carbocycles. The topological polar surface area (TPSA) is 32.7 Å². The molecule has 1 heterocycles. The summed E-state index contributed by atoms with van der Waals surface area (Å²) < 4.78 is 0. The Balaban J connectivity index is 1.74. The first-order valence-corrected chi connectivity index (χ1v) is 10.5. The van der Waals surface area contributed by atoms with Gasteiger partial charge in [-0.2, -0.15) is 0 Å². The fraction of sp³-hybridized carbons (Fsp3) is 0.0833. The molecule has 3 nitrogen and oxygen atoms in total. The number of halogens is 1. The van der Waals surface area contributed by atoms with Gasteiger partial charge >= 0.3 is 0 Å². The van der Waals surface area contributed by atoms with Crippen LogP contribution in [-0.4, -0.2) is 16.0 Å². The number of amidine groups is 1. The maximum atomic E-state index is 13.3. The van der Waals surface area contributed by atoms with Gasteiger partial charge in [-0.25, -0.2) is 4.99 Å². The standard InChI is InChI=1S/C24H19ClN2OS/c1-17(19-8-4-2-5-9-19)27-23(28)22(16-18-12-14-20(25)15-13-18)29-24(27)26-21-10-6-3-7-11-21/h2-17H,1H3. The van der Waals surface area contributed by atoms with Gasteiger partial charge in [-0.15, -0.1) is 0 Å². The minimum atomic E-state index is -0.130. The molecule has 1 atom stereocenters.